The Bertz CT molecular complexity index is 3920. The van der Waals surface area contributed by atoms with Gasteiger partial charge in [-0.3, -0.25) is 57.5 Å². The van der Waals surface area contributed by atoms with E-state index in [-0.39, 0.29) is 110 Å². The second kappa shape index (κ2) is 47.6. The molecule has 118 heavy (non-hydrogen) atoms. The third kappa shape index (κ3) is 30.0. The maximum atomic E-state index is 15.1. The molecule has 0 unspecified atom stereocenters. The number of rotatable bonds is 46. The highest BCUT2D eigenvalue weighted by Gasteiger charge is 2.45. The first kappa shape index (κ1) is 103. The summed E-state index contributed by atoms with van der Waals surface area (Å²) in [6.45, 7) is 33.0. The average molecular weight is 1670 g/mol. The number of aliphatic hydroxyl groups is 2. The number of nitrogens with zero attached hydrogens (tertiary/aromatic N) is 7. The minimum Gasteiger partial charge on any atom is -0.506 e. The SMILES string of the molecule is CC[C@@H](NC(=O)[C@H]([C@H](O)C(C)C)N(C)C(=O)[C@@H](C(C)C)N(C)C(=O)CCC(C)C)C(=O)N(C)[C@H](CO)C(=O)N(C)[C@@H](CC(C)C)C(=O)N[C@@H](C(=O)N(C)[C@H](CC(C)C)C(=O)N[C@H](CCCCNC(=O)COc1ccc(Sc2c(O)cc(-c3ccccc3)oc2=O)c(C(C)(C)C)c1)C(=O)N[C@@H](C)C(=O)N(C)[C@H](CC(C)C)C(=O)N(C)C)C(C)C. The van der Waals surface area contributed by atoms with Gasteiger partial charge in [0.05, 0.1) is 12.7 Å². The molecule has 3 rings (SSSR count). The summed E-state index contributed by atoms with van der Waals surface area (Å²) in [5.74, 6) is -9.44. The van der Waals surface area contributed by atoms with Crippen LogP contribution < -0.4 is 36.9 Å². The molecule has 8 N–H and O–H groups in total. The minimum absolute atomic E-state index is 0.00385. The van der Waals surface area contributed by atoms with E-state index in [9.17, 15) is 68.1 Å². The van der Waals surface area contributed by atoms with Gasteiger partial charge in [-0.25, -0.2) is 4.79 Å². The van der Waals surface area contributed by atoms with Crippen LogP contribution in [0, 0.1) is 41.4 Å². The lowest BCUT2D eigenvalue weighted by atomic mass is 9.87. The van der Waals surface area contributed by atoms with Crippen LogP contribution in [0.1, 0.15) is 195 Å². The fourth-order valence-corrected chi connectivity index (χ4v) is 14.8. The smallest absolute Gasteiger partial charge is 0.354 e. The van der Waals surface area contributed by atoms with Gasteiger partial charge in [-0.1, -0.05) is 167 Å². The monoisotopic (exact) mass is 1670 g/mol. The van der Waals surface area contributed by atoms with Gasteiger partial charge in [-0.05, 0) is 129 Å². The largest absolute Gasteiger partial charge is 0.506 e. The van der Waals surface area contributed by atoms with Gasteiger partial charge in [0.1, 0.15) is 82.6 Å². The minimum atomic E-state index is -1.63. The summed E-state index contributed by atoms with van der Waals surface area (Å²) < 4.78 is 11.6. The standard InChI is InChI=1S/C87H140N12O18S/c1-28-60(90-79(108)73(74(104)55(14)15)99(27)85(114)72(54(12)13)98(26)70(103)40-37-49(2)3)81(110)97(25)65(47-100)83(112)94(22)63(43-51(6)7)78(107)92-71(53(10)11)84(113)95(23)62(42-50(4)5)77(106)91-61(76(105)89-56(16)80(109)96(24)64(44-52(8)9)82(111)93(20)21)36-32-33-41-88-69(102)48-116-58-38-39-68(59(45-58)87(17,18)19)118-75-66(101)46-67(117-86(75)115)57-34-30-29-31-35-57/h29-31,34-35,38-39,45-46,49-56,60-65,71-74,100-101,104H,28,32-33,36-37,40-44,47-48H2,1-27H3,(H,88,102)(H,89,105)(H,90,108)(H,91,106)(H,92,107)/t56-,60+,61+,62+,63-,64+,65+,71+,72+,73-,74+/m0/s1. The Kier molecular flexibility index (Phi) is 41.6. The number of carbonyl (C=O) groups excluding carboxylic acids is 12. The molecule has 0 saturated heterocycles. The molecule has 0 aliphatic heterocycles. The molecule has 11 atom stereocenters. The van der Waals surface area contributed by atoms with Crippen molar-refractivity contribution >= 4 is 82.6 Å². The van der Waals surface area contributed by atoms with E-state index in [0.717, 1.165) is 32.0 Å². The van der Waals surface area contributed by atoms with Gasteiger partial charge in [0.2, 0.25) is 65.0 Å². The van der Waals surface area contributed by atoms with Crippen molar-refractivity contribution in [3.8, 4) is 22.8 Å². The fraction of sp³-hybridized carbons (Fsp3) is 0.667. The third-order valence-corrected chi connectivity index (χ3v) is 22.1. The Morgan fingerprint density at radius 2 is 1.06 bits per heavy atom. The van der Waals surface area contributed by atoms with E-state index >= 15 is 9.59 Å². The van der Waals surface area contributed by atoms with Crippen molar-refractivity contribution in [2.45, 2.75) is 271 Å². The first-order valence-electron chi connectivity index (χ1n) is 41.3. The lowest BCUT2D eigenvalue weighted by Crippen LogP contribution is -2.63. The predicted octanol–water partition coefficient (Wildman–Crippen LogP) is 7.44. The van der Waals surface area contributed by atoms with Crippen LogP contribution in [-0.2, 0) is 62.9 Å². The number of likely N-dealkylation sites (N-methyl/N-ethyl adjacent to an activating group) is 7. The van der Waals surface area contributed by atoms with Crippen molar-refractivity contribution in [1.82, 2.24) is 60.9 Å². The van der Waals surface area contributed by atoms with Gasteiger partial charge in [0.25, 0.3) is 5.91 Å². The molecule has 1 heterocycles. The van der Waals surface area contributed by atoms with Crippen molar-refractivity contribution in [1.29, 1.82) is 0 Å². The lowest BCUT2D eigenvalue weighted by Gasteiger charge is -2.39. The molecule has 0 aliphatic rings. The van der Waals surface area contributed by atoms with Gasteiger partial charge in [0.15, 0.2) is 6.61 Å². The first-order chi connectivity index (χ1) is 54.9. The van der Waals surface area contributed by atoms with E-state index in [1.54, 1.807) is 119 Å². The van der Waals surface area contributed by atoms with Gasteiger partial charge in [-0.2, -0.15) is 0 Å². The Morgan fingerprint density at radius 3 is 1.56 bits per heavy atom. The molecular formula is C87H140N12O18S. The summed E-state index contributed by atoms with van der Waals surface area (Å²) >= 11 is 1.04. The Morgan fingerprint density at radius 1 is 0.525 bits per heavy atom. The quantitative estimate of drug-likeness (QED) is 0.0255. The molecule has 0 spiro atoms. The maximum absolute atomic E-state index is 15.1. The molecule has 662 valence electrons. The number of amides is 12. The molecule has 0 aliphatic carbocycles. The van der Waals surface area contributed by atoms with Gasteiger partial charge in [0, 0.05) is 85.9 Å². The number of carbonyl (C=O) groups is 12. The summed E-state index contributed by atoms with van der Waals surface area (Å²) in [7, 11) is 11.5. The molecule has 1 aromatic heterocycles. The van der Waals surface area contributed by atoms with E-state index in [0.29, 0.717) is 29.1 Å². The molecule has 31 heteroatoms. The van der Waals surface area contributed by atoms with Crippen LogP contribution in [0.2, 0.25) is 0 Å². The topological polar surface area (TPSA) is 388 Å². The first-order valence-corrected chi connectivity index (χ1v) is 42.1. The van der Waals surface area contributed by atoms with Gasteiger partial charge in [-0.15, -0.1) is 0 Å². The van der Waals surface area contributed by atoms with E-state index < -0.39 is 161 Å². The fourth-order valence-electron chi connectivity index (χ4n) is 13.7. The van der Waals surface area contributed by atoms with E-state index in [1.807, 2.05) is 68.4 Å². The lowest BCUT2D eigenvalue weighted by molar-refractivity contribution is -0.154. The summed E-state index contributed by atoms with van der Waals surface area (Å²) in [6.07, 6.45) is 0.162. The van der Waals surface area contributed by atoms with E-state index in [2.05, 4.69) is 26.6 Å². The summed E-state index contributed by atoms with van der Waals surface area (Å²) in [5.41, 5.74) is 0.168. The molecule has 30 nitrogen and oxygen atoms in total. The number of benzene rings is 2. The third-order valence-electron chi connectivity index (χ3n) is 20.9. The van der Waals surface area contributed by atoms with Crippen molar-refractivity contribution in [2.75, 3.05) is 76.1 Å². The van der Waals surface area contributed by atoms with Gasteiger partial charge < -0.3 is 85.4 Å². The number of hydrogen-bond acceptors (Lipinski definition) is 19. The van der Waals surface area contributed by atoms with Crippen molar-refractivity contribution in [3.05, 3.63) is 70.6 Å². The van der Waals surface area contributed by atoms with Crippen LogP contribution in [-0.4, -0.2) is 263 Å². The maximum Gasteiger partial charge on any atom is 0.354 e. The molecule has 0 saturated carbocycles. The summed E-state index contributed by atoms with van der Waals surface area (Å²) in [5, 5.41) is 47.6. The second-order valence-electron chi connectivity index (χ2n) is 35.0. The van der Waals surface area contributed by atoms with Crippen molar-refractivity contribution in [2.24, 2.45) is 41.4 Å². The number of ether oxygens (including phenoxy) is 1. The van der Waals surface area contributed by atoms with E-state index in [1.165, 1.54) is 74.9 Å². The van der Waals surface area contributed by atoms with Crippen LogP contribution in [0.4, 0.5) is 0 Å². The predicted molar refractivity (Wildman–Crippen MR) is 455 cm³/mol. The highest BCUT2D eigenvalue weighted by atomic mass is 32.2. The van der Waals surface area contributed by atoms with Gasteiger partial charge >= 0.3 is 5.63 Å². The molecule has 3 aromatic rings. The number of aliphatic hydroxyl groups excluding tert-OH is 2. The zero-order valence-electron chi connectivity index (χ0n) is 75.1. The molecule has 12 amide bonds. The molecule has 2 aromatic carbocycles. The van der Waals surface area contributed by atoms with Crippen LogP contribution >= 0.6 is 11.8 Å². The number of aromatic hydroxyl groups is 1. The van der Waals surface area contributed by atoms with E-state index in [4.69, 9.17) is 9.15 Å². The Labute approximate surface area is 704 Å². The highest BCUT2D eigenvalue weighted by molar-refractivity contribution is 7.99. The molecular weight excluding hydrogens is 1530 g/mol. The van der Waals surface area contributed by atoms with Crippen molar-refractivity contribution < 1.29 is 82.0 Å². The second-order valence-corrected chi connectivity index (χ2v) is 36.1. The van der Waals surface area contributed by atoms with Crippen LogP contribution in [0.5, 0.6) is 11.5 Å². The van der Waals surface area contributed by atoms with Crippen LogP contribution in [0.25, 0.3) is 11.3 Å². The summed E-state index contributed by atoms with van der Waals surface area (Å²) in [4.78, 5) is 195. The number of unbranched alkanes of at least 4 members (excludes halogenated alkanes) is 1. The molecule has 0 radical (unpaired) electrons. The number of hydrogen-bond donors (Lipinski definition) is 8. The molecule has 0 fully saturated rings. The Hall–Kier alpha value is -9.10. The summed E-state index contributed by atoms with van der Waals surface area (Å²) in [6, 6.07) is 2.54. The average Bonchev–Trinajstić information content (AvgIpc) is 0.790. The zero-order valence-corrected chi connectivity index (χ0v) is 75.9. The normalized spacial score (nSPS) is 14.5. The molecule has 0 bridgehead atoms. The van der Waals surface area contributed by atoms with Crippen LogP contribution in [0.3, 0.4) is 0 Å². The Balaban J connectivity index is 1.94. The van der Waals surface area contributed by atoms with Crippen LogP contribution in [0.15, 0.2) is 73.6 Å². The highest BCUT2D eigenvalue weighted by Crippen LogP contribution is 2.41. The number of nitrogens with one attached hydrogen (secondary N) is 5. The zero-order chi connectivity index (χ0) is 90.0. The van der Waals surface area contributed by atoms with Crippen molar-refractivity contribution in [3.63, 3.8) is 0 Å².